The third kappa shape index (κ3) is 15.1. The van der Waals surface area contributed by atoms with Crippen LogP contribution in [0.25, 0.3) is 0 Å². The van der Waals surface area contributed by atoms with Crippen molar-refractivity contribution in [2.24, 2.45) is 0 Å². The fourth-order valence-electron chi connectivity index (χ4n) is 2.86. The van der Waals surface area contributed by atoms with E-state index in [4.69, 9.17) is 9.84 Å². The van der Waals surface area contributed by atoms with E-state index in [0.29, 0.717) is 6.61 Å². The highest BCUT2D eigenvalue weighted by Gasteiger charge is 2.11. The van der Waals surface area contributed by atoms with Crippen LogP contribution in [0.2, 0.25) is 0 Å². The van der Waals surface area contributed by atoms with E-state index in [1.165, 1.54) is 64.2 Å². The molecule has 0 spiro atoms. The lowest BCUT2D eigenvalue weighted by atomic mass is 10.0. The molecule has 0 unspecified atom stereocenters. The minimum Gasteiger partial charge on any atom is -0.394 e. The summed E-state index contributed by atoms with van der Waals surface area (Å²) in [5, 5.41) is 11.9. The molecule has 1 atom stereocenters. The number of carbonyl (C=O) groups excluding carboxylic acids is 1. The summed E-state index contributed by atoms with van der Waals surface area (Å²) >= 11 is 0. The van der Waals surface area contributed by atoms with Crippen molar-refractivity contribution in [3.05, 3.63) is 11.6 Å². The highest BCUT2D eigenvalue weighted by atomic mass is 16.5. The summed E-state index contributed by atoms with van der Waals surface area (Å²) in [6.07, 6.45) is 17.6. The van der Waals surface area contributed by atoms with Crippen molar-refractivity contribution in [2.75, 3.05) is 20.3 Å². The van der Waals surface area contributed by atoms with Gasteiger partial charge in [0, 0.05) is 12.7 Å². The molecule has 0 aromatic rings. The molecule has 0 saturated carbocycles. The maximum absolute atomic E-state index is 12.0. The fourth-order valence-corrected chi connectivity index (χ4v) is 2.86. The van der Waals surface area contributed by atoms with Crippen molar-refractivity contribution in [1.82, 2.24) is 5.32 Å². The van der Waals surface area contributed by atoms with Crippen LogP contribution >= 0.6 is 0 Å². The molecule has 0 aromatic carbocycles. The first kappa shape index (κ1) is 24.1. The second-order valence-corrected chi connectivity index (χ2v) is 7.02. The highest BCUT2D eigenvalue weighted by Crippen LogP contribution is 2.12. The van der Waals surface area contributed by atoms with Crippen LogP contribution in [0.1, 0.15) is 90.9 Å². The predicted octanol–water partition coefficient (Wildman–Crippen LogP) is 4.76. The number of amides is 1. The Morgan fingerprint density at radius 1 is 1.00 bits per heavy atom. The lowest BCUT2D eigenvalue weighted by molar-refractivity contribution is -0.118. The minimum absolute atomic E-state index is 0.106. The van der Waals surface area contributed by atoms with Crippen molar-refractivity contribution in [2.45, 2.75) is 96.9 Å². The van der Waals surface area contributed by atoms with Crippen molar-refractivity contribution in [1.29, 1.82) is 0 Å². The lowest BCUT2D eigenvalue weighted by Gasteiger charge is -2.15. The number of rotatable bonds is 17. The number of hydrogen-bond acceptors (Lipinski definition) is 3. The van der Waals surface area contributed by atoms with Gasteiger partial charge in [-0.2, -0.15) is 0 Å². The molecule has 148 valence electrons. The van der Waals surface area contributed by atoms with Gasteiger partial charge < -0.3 is 15.2 Å². The Morgan fingerprint density at radius 2 is 1.52 bits per heavy atom. The molecular weight excluding hydrogens is 314 g/mol. The van der Waals surface area contributed by atoms with E-state index in [9.17, 15) is 4.79 Å². The zero-order valence-electron chi connectivity index (χ0n) is 16.8. The number of aliphatic hydroxyl groups excluding tert-OH is 1. The van der Waals surface area contributed by atoms with E-state index in [2.05, 4.69) is 12.2 Å². The smallest absolute Gasteiger partial charge is 0.246 e. The molecule has 0 heterocycles. The number of carbonyl (C=O) groups is 1. The summed E-state index contributed by atoms with van der Waals surface area (Å²) < 4.78 is 4.96. The van der Waals surface area contributed by atoms with Gasteiger partial charge in [0.25, 0.3) is 0 Å². The number of methoxy groups -OCH3 is 1. The van der Waals surface area contributed by atoms with Gasteiger partial charge in [-0.1, -0.05) is 77.2 Å². The van der Waals surface area contributed by atoms with Gasteiger partial charge in [-0.3, -0.25) is 4.79 Å². The Hall–Kier alpha value is -0.870. The average Bonchev–Trinajstić information content (AvgIpc) is 2.61. The standard InChI is InChI=1S/C21H41NO3/c1-4-5-6-7-8-9-10-11-12-13-14-15-16-19(2)21(24)22-20(17-23)18-25-3/h16,20,23H,4-15,17-18H2,1-3H3,(H,22,24)/b19-16+/t20-/m0/s1. The van der Waals surface area contributed by atoms with Gasteiger partial charge in [-0.05, 0) is 19.8 Å². The SMILES string of the molecule is CCCCCCCCCCCCC/C=C(\C)C(=O)N[C@@H](CO)COC. The van der Waals surface area contributed by atoms with E-state index in [-0.39, 0.29) is 18.6 Å². The zero-order chi connectivity index (χ0) is 18.8. The first-order chi connectivity index (χ1) is 12.2. The minimum atomic E-state index is -0.331. The number of allylic oxidation sites excluding steroid dienone is 1. The Balaban J connectivity index is 3.58. The van der Waals surface area contributed by atoms with Crippen LogP contribution in [0.3, 0.4) is 0 Å². The normalized spacial score (nSPS) is 13.0. The van der Waals surface area contributed by atoms with E-state index in [1.807, 2.05) is 13.0 Å². The van der Waals surface area contributed by atoms with E-state index < -0.39 is 0 Å². The Kier molecular flexibility index (Phi) is 17.3. The molecule has 0 aliphatic rings. The number of ether oxygens (including phenoxy) is 1. The van der Waals surface area contributed by atoms with Crippen molar-refractivity contribution in [3.8, 4) is 0 Å². The first-order valence-electron chi connectivity index (χ1n) is 10.2. The molecule has 1 amide bonds. The topological polar surface area (TPSA) is 58.6 Å². The van der Waals surface area contributed by atoms with Gasteiger partial charge in [0.2, 0.25) is 5.91 Å². The van der Waals surface area contributed by atoms with Crippen LogP contribution in [0.5, 0.6) is 0 Å². The second-order valence-electron chi connectivity index (χ2n) is 7.02. The summed E-state index contributed by atoms with van der Waals surface area (Å²) in [5.74, 6) is -0.112. The molecule has 2 N–H and O–H groups in total. The fraction of sp³-hybridized carbons (Fsp3) is 0.857. The molecule has 0 aliphatic heterocycles. The van der Waals surface area contributed by atoms with Crippen LogP contribution in [0.15, 0.2) is 11.6 Å². The third-order valence-corrected chi connectivity index (χ3v) is 4.54. The summed E-state index contributed by atoms with van der Waals surface area (Å²) in [6.45, 7) is 4.31. The van der Waals surface area contributed by atoms with Crippen molar-refractivity contribution in [3.63, 3.8) is 0 Å². The monoisotopic (exact) mass is 355 g/mol. The Morgan fingerprint density at radius 3 is 2.00 bits per heavy atom. The molecule has 0 aromatic heterocycles. The van der Waals surface area contributed by atoms with Gasteiger partial charge >= 0.3 is 0 Å². The number of hydrogen-bond donors (Lipinski definition) is 2. The van der Waals surface area contributed by atoms with Gasteiger partial charge in [-0.15, -0.1) is 0 Å². The van der Waals surface area contributed by atoms with E-state index in [0.717, 1.165) is 18.4 Å². The van der Waals surface area contributed by atoms with Crippen LogP contribution in [-0.4, -0.2) is 37.4 Å². The average molecular weight is 356 g/mol. The largest absolute Gasteiger partial charge is 0.394 e. The van der Waals surface area contributed by atoms with E-state index in [1.54, 1.807) is 7.11 Å². The van der Waals surface area contributed by atoms with Crippen LogP contribution < -0.4 is 5.32 Å². The predicted molar refractivity (Wildman–Crippen MR) is 106 cm³/mol. The first-order valence-corrected chi connectivity index (χ1v) is 10.2. The highest BCUT2D eigenvalue weighted by molar-refractivity contribution is 5.92. The Labute approximate surface area is 155 Å². The molecule has 0 bridgehead atoms. The van der Waals surface area contributed by atoms with Crippen LogP contribution in [0, 0.1) is 0 Å². The summed E-state index contributed by atoms with van der Waals surface area (Å²) in [7, 11) is 1.56. The number of unbranched alkanes of at least 4 members (excludes halogenated alkanes) is 11. The molecule has 25 heavy (non-hydrogen) atoms. The molecule has 0 saturated heterocycles. The Bertz CT molecular complexity index is 342. The molecule has 0 aliphatic carbocycles. The van der Waals surface area contributed by atoms with Gasteiger partial charge in [0.15, 0.2) is 0 Å². The van der Waals surface area contributed by atoms with Gasteiger partial charge in [-0.25, -0.2) is 0 Å². The molecule has 0 radical (unpaired) electrons. The van der Waals surface area contributed by atoms with Crippen molar-refractivity contribution >= 4 is 5.91 Å². The summed E-state index contributed by atoms with van der Waals surface area (Å²) in [4.78, 5) is 12.0. The van der Waals surface area contributed by atoms with E-state index >= 15 is 0 Å². The lowest BCUT2D eigenvalue weighted by Crippen LogP contribution is -2.40. The molecule has 4 nitrogen and oxygen atoms in total. The van der Waals surface area contributed by atoms with Crippen LogP contribution in [-0.2, 0) is 9.53 Å². The molecule has 0 fully saturated rings. The molecular formula is C21H41NO3. The molecule has 0 rings (SSSR count). The number of nitrogens with one attached hydrogen (secondary N) is 1. The summed E-state index contributed by atoms with van der Waals surface area (Å²) in [5.41, 5.74) is 0.724. The summed E-state index contributed by atoms with van der Waals surface area (Å²) in [6, 6.07) is -0.331. The number of aliphatic hydroxyl groups is 1. The second kappa shape index (κ2) is 17.9. The quantitative estimate of drug-likeness (QED) is 0.292. The third-order valence-electron chi connectivity index (χ3n) is 4.54. The van der Waals surface area contributed by atoms with Gasteiger partial charge in [0.1, 0.15) is 0 Å². The zero-order valence-corrected chi connectivity index (χ0v) is 16.8. The maximum atomic E-state index is 12.0. The molecule has 4 heteroatoms. The van der Waals surface area contributed by atoms with Crippen molar-refractivity contribution < 1.29 is 14.6 Å². The maximum Gasteiger partial charge on any atom is 0.246 e. The van der Waals surface area contributed by atoms with Gasteiger partial charge in [0.05, 0.1) is 19.3 Å². The van der Waals surface area contributed by atoms with Crippen LogP contribution in [0.4, 0.5) is 0 Å².